The number of anilines is 1. The summed E-state index contributed by atoms with van der Waals surface area (Å²) < 4.78 is 7.06. The molecule has 0 aromatic carbocycles. The lowest BCUT2D eigenvalue weighted by Gasteiger charge is -2.13. The Balaban J connectivity index is 2.05. The smallest absolute Gasteiger partial charge is 0.302 e. The summed E-state index contributed by atoms with van der Waals surface area (Å²) in [6.07, 6.45) is -0.219. The van der Waals surface area contributed by atoms with Gasteiger partial charge in [-0.05, 0) is 0 Å². The molecule has 2 aromatic rings. The van der Waals surface area contributed by atoms with Gasteiger partial charge in [-0.15, -0.1) is 0 Å². The van der Waals surface area contributed by atoms with Gasteiger partial charge in [0, 0.05) is 6.42 Å². The van der Waals surface area contributed by atoms with Crippen LogP contribution in [0.2, 0.25) is 0 Å². The number of imidazole rings is 1. The Labute approximate surface area is 106 Å². The van der Waals surface area contributed by atoms with Crippen molar-refractivity contribution in [3.63, 3.8) is 0 Å². The third-order valence-electron chi connectivity index (χ3n) is 3.16. The molecule has 3 unspecified atom stereocenters. The first kappa shape index (κ1) is 12.1. The second-order valence-corrected chi connectivity index (χ2v) is 4.39. The van der Waals surface area contributed by atoms with E-state index in [4.69, 9.17) is 15.6 Å². The zero-order chi connectivity index (χ0) is 13.6. The topological polar surface area (TPSA) is 139 Å². The molecule has 1 fully saturated rings. The van der Waals surface area contributed by atoms with Gasteiger partial charge in [0.05, 0.1) is 19.0 Å². The molecule has 0 bridgehead atoms. The first-order valence-corrected chi connectivity index (χ1v) is 5.77. The molecule has 3 rings (SSSR count). The molecule has 0 aliphatic carbocycles. The molecule has 1 saturated heterocycles. The van der Waals surface area contributed by atoms with Gasteiger partial charge in [0.2, 0.25) is 5.95 Å². The fraction of sp³-hybridized carbons (Fsp3) is 0.500. The van der Waals surface area contributed by atoms with E-state index in [1.165, 1.54) is 6.33 Å². The largest absolute Gasteiger partial charge is 0.394 e. The van der Waals surface area contributed by atoms with Crippen molar-refractivity contribution in [1.29, 1.82) is 0 Å². The van der Waals surface area contributed by atoms with E-state index >= 15 is 0 Å². The summed E-state index contributed by atoms with van der Waals surface area (Å²) >= 11 is 0. The lowest BCUT2D eigenvalue weighted by atomic mass is 10.2. The number of H-pyrrole nitrogens is 1. The highest BCUT2D eigenvalue weighted by Gasteiger charge is 2.35. The molecule has 0 spiro atoms. The fourth-order valence-electron chi connectivity index (χ4n) is 2.22. The normalized spacial score (nSPS) is 27.2. The third kappa shape index (κ3) is 1.87. The number of nitrogen functional groups attached to an aromatic ring is 1. The fourth-order valence-corrected chi connectivity index (χ4v) is 2.22. The van der Waals surface area contributed by atoms with Crippen LogP contribution in [0.15, 0.2) is 11.1 Å². The van der Waals surface area contributed by atoms with Gasteiger partial charge in [-0.3, -0.25) is 9.36 Å². The second-order valence-electron chi connectivity index (χ2n) is 4.39. The maximum absolute atomic E-state index is 11.6. The van der Waals surface area contributed by atoms with Crippen LogP contribution in [0.5, 0.6) is 0 Å². The van der Waals surface area contributed by atoms with Gasteiger partial charge >= 0.3 is 5.56 Å². The summed E-state index contributed by atoms with van der Waals surface area (Å²) in [6.45, 7) is -0.273. The standard InChI is InChI=1S/C10H13N5O4/c11-10-13-8-7(9(18)14-10)12-3-15(8)6-1-4(17)5(2-16)19-6/h3-6,16-17H,1-2H2,(H3,11,13,14,18). The molecular weight excluding hydrogens is 254 g/mol. The van der Waals surface area contributed by atoms with Gasteiger partial charge in [-0.2, -0.15) is 4.98 Å². The van der Waals surface area contributed by atoms with Crippen LogP contribution < -0.4 is 11.3 Å². The van der Waals surface area contributed by atoms with E-state index in [1.54, 1.807) is 4.57 Å². The van der Waals surface area contributed by atoms with Crippen LogP contribution >= 0.6 is 0 Å². The van der Waals surface area contributed by atoms with Gasteiger partial charge in [0.1, 0.15) is 18.0 Å². The maximum Gasteiger partial charge on any atom is 0.302 e. The van der Waals surface area contributed by atoms with Gasteiger partial charge in [-0.1, -0.05) is 0 Å². The molecule has 1 aliphatic heterocycles. The molecule has 3 atom stereocenters. The molecule has 5 N–H and O–H groups in total. The van der Waals surface area contributed by atoms with Crippen molar-refractivity contribution in [3.8, 4) is 0 Å². The van der Waals surface area contributed by atoms with Crippen molar-refractivity contribution in [3.05, 3.63) is 16.7 Å². The van der Waals surface area contributed by atoms with Crippen molar-refractivity contribution in [1.82, 2.24) is 19.5 Å². The van der Waals surface area contributed by atoms with E-state index < -0.39 is 24.0 Å². The Morgan fingerprint density at radius 1 is 1.63 bits per heavy atom. The van der Waals surface area contributed by atoms with Gasteiger partial charge in [0.25, 0.3) is 0 Å². The minimum Gasteiger partial charge on any atom is -0.394 e. The zero-order valence-corrected chi connectivity index (χ0v) is 9.85. The van der Waals surface area contributed by atoms with Crippen LogP contribution in [-0.4, -0.2) is 48.5 Å². The predicted molar refractivity (Wildman–Crippen MR) is 64.2 cm³/mol. The molecule has 102 valence electrons. The van der Waals surface area contributed by atoms with Crippen LogP contribution in [0.4, 0.5) is 5.95 Å². The minimum atomic E-state index is -0.765. The summed E-state index contributed by atoms with van der Waals surface area (Å²) in [4.78, 5) is 21.8. The van der Waals surface area contributed by atoms with Crippen LogP contribution in [-0.2, 0) is 4.74 Å². The Morgan fingerprint density at radius 2 is 2.42 bits per heavy atom. The minimum absolute atomic E-state index is 0.0171. The number of ether oxygens (including phenoxy) is 1. The van der Waals surface area contributed by atoms with Crippen LogP contribution in [0.1, 0.15) is 12.6 Å². The number of hydrogen-bond donors (Lipinski definition) is 4. The van der Waals surface area contributed by atoms with Crippen molar-refractivity contribution in [2.45, 2.75) is 24.9 Å². The summed E-state index contributed by atoms with van der Waals surface area (Å²) in [5.74, 6) is -0.0171. The number of fused-ring (bicyclic) bond motifs is 1. The lowest BCUT2D eigenvalue weighted by molar-refractivity contribution is -0.0432. The first-order valence-electron chi connectivity index (χ1n) is 5.77. The Hall–Kier alpha value is -1.97. The first-order chi connectivity index (χ1) is 9.10. The summed E-state index contributed by atoms with van der Waals surface area (Å²) in [6, 6.07) is 0. The van der Waals surface area contributed by atoms with Gasteiger partial charge < -0.3 is 25.7 Å². The average Bonchev–Trinajstić information content (AvgIpc) is 2.92. The SMILES string of the molecule is Nc1nc(=O)c2ncn(C3CC(O)C(CO)O3)c2[nH]1. The van der Waals surface area contributed by atoms with Crippen molar-refractivity contribution in [2.24, 2.45) is 0 Å². The molecule has 1 aliphatic rings. The highest BCUT2D eigenvalue weighted by atomic mass is 16.5. The lowest BCUT2D eigenvalue weighted by Crippen LogP contribution is -2.24. The monoisotopic (exact) mass is 267 g/mol. The molecule has 9 heteroatoms. The molecule has 3 heterocycles. The number of nitrogens with one attached hydrogen (secondary N) is 1. The Bertz CT molecular complexity index is 665. The quantitative estimate of drug-likeness (QED) is 0.510. The summed E-state index contributed by atoms with van der Waals surface area (Å²) in [5.41, 5.74) is 5.50. The molecule has 9 nitrogen and oxygen atoms in total. The predicted octanol–water partition coefficient (Wildman–Crippen LogP) is -1.66. The van der Waals surface area contributed by atoms with Gasteiger partial charge in [-0.25, -0.2) is 4.98 Å². The Morgan fingerprint density at radius 3 is 3.11 bits per heavy atom. The van der Waals surface area contributed by atoms with E-state index in [2.05, 4.69) is 15.0 Å². The number of aliphatic hydroxyl groups excluding tert-OH is 2. The highest BCUT2D eigenvalue weighted by molar-refractivity contribution is 5.70. The summed E-state index contributed by atoms with van der Waals surface area (Å²) in [5, 5.41) is 18.8. The third-order valence-corrected chi connectivity index (χ3v) is 3.16. The van der Waals surface area contributed by atoms with Crippen molar-refractivity contribution in [2.75, 3.05) is 12.3 Å². The maximum atomic E-state index is 11.6. The number of hydrogen-bond acceptors (Lipinski definition) is 7. The van der Waals surface area contributed by atoms with E-state index in [0.29, 0.717) is 12.1 Å². The van der Waals surface area contributed by atoms with Crippen LogP contribution in [0.3, 0.4) is 0 Å². The second kappa shape index (κ2) is 4.30. The van der Waals surface area contributed by atoms with Gasteiger partial charge in [0.15, 0.2) is 5.52 Å². The number of aromatic nitrogens is 4. The molecule has 0 saturated carbocycles. The van der Waals surface area contributed by atoms with E-state index in [1.807, 2.05) is 0 Å². The highest BCUT2D eigenvalue weighted by Crippen LogP contribution is 2.30. The average molecular weight is 267 g/mol. The molecule has 0 radical (unpaired) electrons. The number of aliphatic hydroxyl groups is 2. The molecule has 19 heavy (non-hydrogen) atoms. The molecular formula is C10H13N5O4. The van der Waals surface area contributed by atoms with E-state index in [0.717, 1.165) is 0 Å². The molecule has 2 aromatic heterocycles. The number of nitrogens with two attached hydrogens (primary N) is 1. The Kier molecular flexibility index (Phi) is 2.73. The van der Waals surface area contributed by atoms with Crippen LogP contribution in [0, 0.1) is 0 Å². The summed E-state index contributed by atoms with van der Waals surface area (Å²) in [7, 11) is 0. The number of rotatable bonds is 2. The van der Waals surface area contributed by atoms with Crippen LogP contribution in [0.25, 0.3) is 11.2 Å². The molecule has 0 amide bonds. The number of aromatic amines is 1. The van der Waals surface area contributed by atoms with E-state index in [9.17, 15) is 9.90 Å². The van der Waals surface area contributed by atoms with Crippen molar-refractivity contribution >= 4 is 17.1 Å². The van der Waals surface area contributed by atoms with E-state index in [-0.39, 0.29) is 18.1 Å². The number of nitrogens with zero attached hydrogens (tertiary/aromatic N) is 3. The van der Waals surface area contributed by atoms with Crippen molar-refractivity contribution < 1.29 is 14.9 Å². The zero-order valence-electron chi connectivity index (χ0n) is 9.85.